The molecule has 0 radical (unpaired) electrons. The lowest BCUT2D eigenvalue weighted by atomic mass is 10.1. The number of carbonyl (C=O) groups is 1. The summed E-state index contributed by atoms with van der Waals surface area (Å²) in [6.07, 6.45) is 0. The maximum atomic E-state index is 12.5. The molecule has 3 rings (SSSR count). The highest BCUT2D eigenvalue weighted by Crippen LogP contribution is 2.35. The zero-order valence-corrected chi connectivity index (χ0v) is 20.3. The second-order valence-corrected chi connectivity index (χ2v) is 9.31. The lowest BCUT2D eigenvalue weighted by molar-refractivity contribution is -0.113. The SMILES string of the molecule is COc1ccc(-c2csc(NC(=O)CSc3nc(C)c(C)n3CC(C)C)n2)c(OC)c1. The van der Waals surface area contributed by atoms with E-state index < -0.39 is 0 Å². The van der Waals surface area contributed by atoms with Crippen LogP contribution in [-0.4, -0.2) is 40.4 Å². The summed E-state index contributed by atoms with van der Waals surface area (Å²) in [5.74, 6) is 2.05. The first-order valence-electron chi connectivity index (χ1n) is 9.96. The number of thioether (sulfide) groups is 1. The predicted molar refractivity (Wildman–Crippen MR) is 127 cm³/mol. The molecule has 2 aromatic heterocycles. The Kier molecular flexibility index (Phi) is 7.61. The predicted octanol–water partition coefficient (Wildman–Crippen LogP) is 5.03. The number of anilines is 1. The van der Waals surface area contributed by atoms with Crippen molar-refractivity contribution in [3.8, 4) is 22.8 Å². The Morgan fingerprint density at radius 3 is 2.68 bits per heavy atom. The largest absolute Gasteiger partial charge is 0.497 e. The zero-order valence-electron chi connectivity index (χ0n) is 18.7. The molecule has 7 nitrogen and oxygen atoms in total. The van der Waals surface area contributed by atoms with Gasteiger partial charge in [-0.15, -0.1) is 11.3 Å². The van der Waals surface area contributed by atoms with Crippen molar-refractivity contribution in [2.24, 2.45) is 5.92 Å². The number of nitrogens with one attached hydrogen (secondary N) is 1. The van der Waals surface area contributed by atoms with Crippen molar-refractivity contribution < 1.29 is 14.3 Å². The number of thiazole rings is 1. The Morgan fingerprint density at radius 2 is 2.00 bits per heavy atom. The van der Waals surface area contributed by atoms with Gasteiger partial charge in [-0.3, -0.25) is 4.79 Å². The van der Waals surface area contributed by atoms with E-state index in [2.05, 4.69) is 40.6 Å². The Hall–Kier alpha value is -2.52. The van der Waals surface area contributed by atoms with E-state index in [1.54, 1.807) is 14.2 Å². The van der Waals surface area contributed by atoms with Crippen LogP contribution in [0.1, 0.15) is 25.2 Å². The molecule has 0 aliphatic heterocycles. The fraction of sp³-hybridized carbons (Fsp3) is 0.409. The molecular formula is C22H28N4O3S2. The highest BCUT2D eigenvalue weighted by Gasteiger charge is 2.16. The van der Waals surface area contributed by atoms with Crippen LogP contribution in [0.5, 0.6) is 11.5 Å². The minimum atomic E-state index is -0.109. The van der Waals surface area contributed by atoms with Crippen LogP contribution in [0.15, 0.2) is 28.7 Å². The fourth-order valence-electron chi connectivity index (χ4n) is 3.06. The normalized spacial score (nSPS) is 11.1. The van der Waals surface area contributed by atoms with E-state index in [1.807, 2.05) is 30.5 Å². The Morgan fingerprint density at radius 1 is 1.23 bits per heavy atom. The molecular weight excluding hydrogens is 432 g/mol. The van der Waals surface area contributed by atoms with Crippen LogP contribution in [0.4, 0.5) is 5.13 Å². The van der Waals surface area contributed by atoms with Gasteiger partial charge in [-0.1, -0.05) is 25.6 Å². The van der Waals surface area contributed by atoms with Crippen molar-refractivity contribution in [2.75, 3.05) is 25.3 Å². The van der Waals surface area contributed by atoms with Crippen LogP contribution in [0.2, 0.25) is 0 Å². The molecule has 0 spiro atoms. The maximum Gasteiger partial charge on any atom is 0.236 e. The van der Waals surface area contributed by atoms with Gasteiger partial charge in [0.25, 0.3) is 0 Å². The monoisotopic (exact) mass is 460 g/mol. The highest BCUT2D eigenvalue weighted by molar-refractivity contribution is 7.99. The molecule has 31 heavy (non-hydrogen) atoms. The van der Waals surface area contributed by atoms with Gasteiger partial charge in [0.15, 0.2) is 10.3 Å². The average molecular weight is 461 g/mol. The number of hydrogen-bond acceptors (Lipinski definition) is 7. The van der Waals surface area contributed by atoms with Crippen molar-refractivity contribution in [2.45, 2.75) is 39.4 Å². The van der Waals surface area contributed by atoms with Gasteiger partial charge in [0.05, 0.1) is 31.4 Å². The van der Waals surface area contributed by atoms with E-state index in [1.165, 1.54) is 23.1 Å². The lowest BCUT2D eigenvalue weighted by Gasteiger charge is -2.12. The minimum Gasteiger partial charge on any atom is -0.497 e. The van der Waals surface area contributed by atoms with Crippen LogP contribution in [0.3, 0.4) is 0 Å². The van der Waals surface area contributed by atoms with Crippen molar-refractivity contribution in [1.82, 2.24) is 14.5 Å². The molecule has 0 fully saturated rings. The Labute approximate surface area is 191 Å². The molecule has 3 aromatic rings. The second kappa shape index (κ2) is 10.2. The van der Waals surface area contributed by atoms with Crippen LogP contribution >= 0.6 is 23.1 Å². The minimum absolute atomic E-state index is 0.109. The molecule has 0 unspecified atom stereocenters. The van der Waals surface area contributed by atoms with Gasteiger partial charge >= 0.3 is 0 Å². The van der Waals surface area contributed by atoms with E-state index in [0.717, 1.165) is 34.3 Å². The van der Waals surface area contributed by atoms with Gasteiger partial charge in [-0.25, -0.2) is 9.97 Å². The quantitative estimate of drug-likeness (QED) is 0.451. The molecule has 9 heteroatoms. The third-order valence-electron chi connectivity index (χ3n) is 4.74. The number of hydrogen-bond donors (Lipinski definition) is 1. The van der Waals surface area contributed by atoms with Crippen LogP contribution < -0.4 is 14.8 Å². The summed E-state index contributed by atoms with van der Waals surface area (Å²) in [7, 11) is 3.22. The van der Waals surface area contributed by atoms with Gasteiger partial charge < -0.3 is 19.4 Å². The number of ether oxygens (including phenoxy) is 2. The number of benzene rings is 1. The maximum absolute atomic E-state index is 12.5. The van der Waals surface area contributed by atoms with Gasteiger partial charge in [0, 0.05) is 29.2 Å². The van der Waals surface area contributed by atoms with E-state index in [4.69, 9.17) is 9.47 Å². The topological polar surface area (TPSA) is 78.3 Å². The standard InChI is InChI=1S/C22H28N4O3S2/c1-13(2)10-26-15(4)14(3)23-22(26)31-12-20(27)25-21-24-18(11-30-21)17-8-7-16(28-5)9-19(17)29-6/h7-9,11,13H,10,12H2,1-6H3,(H,24,25,27). The molecule has 166 valence electrons. The summed E-state index contributed by atoms with van der Waals surface area (Å²) in [5, 5.41) is 6.22. The summed E-state index contributed by atoms with van der Waals surface area (Å²) in [4.78, 5) is 21.7. The zero-order chi connectivity index (χ0) is 22.5. The van der Waals surface area contributed by atoms with Gasteiger partial charge in [-0.05, 0) is 31.9 Å². The van der Waals surface area contributed by atoms with Gasteiger partial charge in [-0.2, -0.15) is 0 Å². The Bertz CT molecular complexity index is 1060. The first kappa shape index (κ1) is 23.1. The van der Waals surface area contributed by atoms with E-state index in [9.17, 15) is 4.79 Å². The van der Waals surface area contributed by atoms with E-state index in [-0.39, 0.29) is 11.7 Å². The second-order valence-electron chi connectivity index (χ2n) is 7.51. The number of aromatic nitrogens is 3. The van der Waals surface area contributed by atoms with Crippen molar-refractivity contribution >= 4 is 34.1 Å². The number of carbonyl (C=O) groups excluding carboxylic acids is 1. The third kappa shape index (κ3) is 5.59. The summed E-state index contributed by atoms with van der Waals surface area (Å²) >= 11 is 2.83. The molecule has 1 N–H and O–H groups in total. The van der Waals surface area contributed by atoms with Gasteiger partial charge in [0.2, 0.25) is 5.91 Å². The number of imidazole rings is 1. The molecule has 0 aliphatic rings. The molecule has 0 atom stereocenters. The van der Waals surface area contributed by atoms with Gasteiger partial charge in [0.1, 0.15) is 11.5 Å². The summed E-state index contributed by atoms with van der Waals surface area (Å²) < 4.78 is 12.9. The molecule has 0 saturated carbocycles. The van der Waals surface area contributed by atoms with Crippen molar-refractivity contribution in [3.63, 3.8) is 0 Å². The van der Waals surface area contributed by atoms with Crippen molar-refractivity contribution in [1.29, 1.82) is 0 Å². The van der Waals surface area contributed by atoms with Crippen molar-refractivity contribution in [3.05, 3.63) is 35.0 Å². The highest BCUT2D eigenvalue weighted by atomic mass is 32.2. The number of aryl methyl sites for hydroxylation is 1. The van der Waals surface area contributed by atoms with Crippen LogP contribution in [0.25, 0.3) is 11.3 Å². The van der Waals surface area contributed by atoms with E-state index >= 15 is 0 Å². The first-order chi connectivity index (χ1) is 14.8. The summed E-state index contributed by atoms with van der Waals surface area (Å²) in [5.41, 5.74) is 3.73. The smallest absolute Gasteiger partial charge is 0.236 e. The molecule has 0 bridgehead atoms. The number of rotatable bonds is 9. The molecule has 0 saturated heterocycles. The molecule has 1 amide bonds. The fourth-order valence-corrected chi connectivity index (χ4v) is 4.69. The third-order valence-corrected chi connectivity index (χ3v) is 6.47. The number of nitrogens with zero attached hydrogens (tertiary/aromatic N) is 3. The molecule has 1 aromatic carbocycles. The van der Waals surface area contributed by atoms with E-state index in [0.29, 0.717) is 22.5 Å². The first-order valence-corrected chi connectivity index (χ1v) is 11.8. The average Bonchev–Trinajstić information content (AvgIpc) is 3.31. The lowest BCUT2D eigenvalue weighted by Crippen LogP contribution is -2.15. The summed E-state index contributed by atoms with van der Waals surface area (Å²) in [6, 6.07) is 5.57. The van der Waals surface area contributed by atoms with Crippen LogP contribution in [-0.2, 0) is 11.3 Å². The molecule has 0 aliphatic carbocycles. The Balaban J connectivity index is 1.66. The number of amides is 1. The molecule has 2 heterocycles. The summed E-state index contributed by atoms with van der Waals surface area (Å²) in [6.45, 7) is 9.30. The number of methoxy groups -OCH3 is 2. The van der Waals surface area contributed by atoms with Crippen LogP contribution in [0, 0.1) is 19.8 Å².